The van der Waals surface area contributed by atoms with E-state index in [1.54, 1.807) is 0 Å². The highest BCUT2D eigenvalue weighted by atomic mass is 35.5. The lowest BCUT2D eigenvalue weighted by Crippen LogP contribution is -2.34. The second-order valence-corrected chi connectivity index (χ2v) is 5.24. The van der Waals surface area contributed by atoms with Gasteiger partial charge in [0, 0.05) is 18.2 Å². The van der Waals surface area contributed by atoms with Crippen molar-refractivity contribution in [1.29, 1.82) is 0 Å². The van der Waals surface area contributed by atoms with Gasteiger partial charge in [-0.25, -0.2) is 4.79 Å². The molecule has 1 aliphatic rings. The molecule has 2 N–H and O–H groups in total. The number of benzene rings is 1. The Morgan fingerprint density at radius 1 is 1.53 bits per heavy atom. The summed E-state index contributed by atoms with van der Waals surface area (Å²) in [5, 5.41) is 23.0. The highest BCUT2D eigenvalue weighted by Crippen LogP contribution is 2.36. The van der Waals surface area contributed by atoms with Crippen LogP contribution in [0.2, 0.25) is 5.02 Å². The number of carboxylic acid groups (broad SMARTS) is 1. The molecule has 19 heavy (non-hydrogen) atoms. The van der Waals surface area contributed by atoms with Gasteiger partial charge in [-0.05, 0) is 18.8 Å². The molecule has 0 aromatic heterocycles. The number of carboxylic acids is 1. The Morgan fingerprint density at radius 2 is 2.16 bits per heavy atom. The van der Waals surface area contributed by atoms with Gasteiger partial charge in [-0.3, -0.25) is 10.1 Å². The fourth-order valence-corrected chi connectivity index (χ4v) is 2.51. The zero-order valence-corrected chi connectivity index (χ0v) is 11.0. The first kappa shape index (κ1) is 13.6. The number of nitrogens with zero attached hydrogens (tertiary/aromatic N) is 1. The zero-order chi connectivity index (χ0) is 14.2. The van der Waals surface area contributed by atoms with E-state index in [0.29, 0.717) is 5.92 Å². The van der Waals surface area contributed by atoms with Crippen LogP contribution in [0.1, 0.15) is 30.1 Å². The molecule has 0 unspecified atom stereocenters. The van der Waals surface area contributed by atoms with Crippen LogP contribution < -0.4 is 5.32 Å². The van der Waals surface area contributed by atoms with E-state index in [1.807, 2.05) is 0 Å². The minimum absolute atomic E-state index is 0.0613. The number of aromatic carboxylic acids is 1. The summed E-state index contributed by atoms with van der Waals surface area (Å²) in [6, 6.07) is 2.36. The van der Waals surface area contributed by atoms with Crippen molar-refractivity contribution >= 4 is 28.9 Å². The number of nitrogens with one attached hydrogen (secondary N) is 1. The molecule has 0 saturated heterocycles. The Labute approximate surface area is 114 Å². The van der Waals surface area contributed by atoms with Gasteiger partial charge in [0.15, 0.2) is 0 Å². The van der Waals surface area contributed by atoms with E-state index < -0.39 is 10.9 Å². The number of hydrogen-bond donors (Lipinski definition) is 2. The number of halogens is 1. The van der Waals surface area contributed by atoms with Crippen molar-refractivity contribution in [3.63, 3.8) is 0 Å². The molecule has 1 aliphatic carbocycles. The molecule has 6 nitrogen and oxygen atoms in total. The molecule has 0 heterocycles. The third-order valence-corrected chi connectivity index (χ3v) is 3.54. The Morgan fingerprint density at radius 3 is 2.63 bits per heavy atom. The first-order valence-corrected chi connectivity index (χ1v) is 6.24. The largest absolute Gasteiger partial charge is 0.478 e. The van der Waals surface area contributed by atoms with Gasteiger partial charge in [0.05, 0.1) is 21.2 Å². The second kappa shape index (κ2) is 5.05. The number of carbonyl (C=O) groups is 1. The van der Waals surface area contributed by atoms with Gasteiger partial charge in [-0.15, -0.1) is 0 Å². The summed E-state index contributed by atoms with van der Waals surface area (Å²) in [6.07, 6.45) is 1.87. The molecule has 1 aromatic carbocycles. The third kappa shape index (κ3) is 2.78. The van der Waals surface area contributed by atoms with E-state index in [4.69, 9.17) is 16.7 Å². The van der Waals surface area contributed by atoms with Crippen molar-refractivity contribution in [1.82, 2.24) is 0 Å². The first-order valence-electron chi connectivity index (χ1n) is 5.86. The minimum atomic E-state index is -1.24. The molecule has 0 bridgehead atoms. The fourth-order valence-electron chi connectivity index (χ4n) is 2.24. The molecular formula is C12H13ClN2O4. The van der Waals surface area contributed by atoms with E-state index in [1.165, 1.54) is 6.07 Å². The Kier molecular flexibility index (Phi) is 3.61. The number of non-ortho nitro benzene ring substituents is 1. The van der Waals surface area contributed by atoms with Crippen LogP contribution in [-0.4, -0.2) is 22.0 Å². The number of hydrogen-bond acceptors (Lipinski definition) is 4. The molecule has 0 atom stereocenters. The molecule has 1 aromatic rings. The van der Waals surface area contributed by atoms with Crippen LogP contribution in [0.4, 0.5) is 11.4 Å². The van der Waals surface area contributed by atoms with Crippen LogP contribution in [-0.2, 0) is 0 Å². The van der Waals surface area contributed by atoms with Crippen LogP contribution in [0.15, 0.2) is 12.1 Å². The lowest BCUT2D eigenvalue weighted by Gasteiger charge is -2.34. The molecule has 0 spiro atoms. The zero-order valence-electron chi connectivity index (χ0n) is 10.2. The van der Waals surface area contributed by atoms with E-state index in [-0.39, 0.29) is 28.0 Å². The van der Waals surface area contributed by atoms with Crippen LogP contribution in [0.25, 0.3) is 0 Å². The molecule has 0 amide bonds. The molecule has 0 radical (unpaired) electrons. The Hall–Kier alpha value is -1.82. The molecular weight excluding hydrogens is 272 g/mol. The third-order valence-electron chi connectivity index (χ3n) is 3.24. The molecule has 1 saturated carbocycles. The summed E-state index contributed by atoms with van der Waals surface area (Å²) in [5.74, 6) is -0.636. The lowest BCUT2D eigenvalue weighted by atomic mass is 9.81. The van der Waals surface area contributed by atoms with Crippen molar-refractivity contribution in [2.45, 2.75) is 25.8 Å². The van der Waals surface area contributed by atoms with Crippen LogP contribution in [0, 0.1) is 16.0 Å². The number of nitro benzene ring substituents is 1. The Bertz CT molecular complexity index is 541. The predicted octanol–water partition coefficient (Wildman–Crippen LogP) is 3.16. The van der Waals surface area contributed by atoms with Gasteiger partial charge in [0.2, 0.25) is 0 Å². The maximum absolute atomic E-state index is 11.2. The second-order valence-electron chi connectivity index (χ2n) is 4.83. The molecule has 102 valence electrons. The average Bonchev–Trinajstić information content (AvgIpc) is 2.28. The van der Waals surface area contributed by atoms with E-state index in [9.17, 15) is 14.9 Å². The summed E-state index contributed by atoms with van der Waals surface area (Å²) >= 11 is 5.95. The van der Waals surface area contributed by atoms with Crippen molar-refractivity contribution in [2.24, 2.45) is 5.92 Å². The highest BCUT2D eigenvalue weighted by Gasteiger charge is 2.28. The summed E-state index contributed by atoms with van der Waals surface area (Å²) < 4.78 is 0. The molecule has 2 rings (SSSR count). The normalized spacial score (nSPS) is 21.6. The van der Waals surface area contributed by atoms with Crippen molar-refractivity contribution in [3.05, 3.63) is 32.8 Å². The van der Waals surface area contributed by atoms with Gasteiger partial charge in [-0.1, -0.05) is 18.5 Å². The van der Waals surface area contributed by atoms with Crippen molar-refractivity contribution < 1.29 is 14.8 Å². The number of rotatable bonds is 4. The summed E-state index contributed by atoms with van der Waals surface area (Å²) in [4.78, 5) is 21.2. The topological polar surface area (TPSA) is 92.5 Å². The Balaban J connectivity index is 2.35. The quantitative estimate of drug-likeness (QED) is 0.654. The number of nitro groups is 1. The van der Waals surface area contributed by atoms with Crippen molar-refractivity contribution in [2.75, 3.05) is 5.32 Å². The van der Waals surface area contributed by atoms with Gasteiger partial charge >= 0.3 is 5.97 Å². The molecule has 0 aliphatic heterocycles. The number of anilines is 1. The van der Waals surface area contributed by atoms with Crippen LogP contribution >= 0.6 is 11.6 Å². The lowest BCUT2D eigenvalue weighted by molar-refractivity contribution is -0.384. The van der Waals surface area contributed by atoms with Gasteiger partial charge in [-0.2, -0.15) is 0 Å². The summed E-state index contributed by atoms with van der Waals surface area (Å²) in [6.45, 7) is 2.10. The average molecular weight is 285 g/mol. The van der Waals surface area contributed by atoms with Crippen LogP contribution in [0.3, 0.4) is 0 Å². The standard InChI is InChI=1S/C12H13ClN2O4/c1-6-2-7(3-6)14-11-9(12(16)17)4-8(15(18)19)5-10(11)13/h4-7,14H,2-3H2,1H3,(H,16,17). The molecule has 1 fully saturated rings. The summed E-state index contributed by atoms with van der Waals surface area (Å²) in [5.41, 5.74) is -0.231. The van der Waals surface area contributed by atoms with Crippen molar-refractivity contribution in [3.8, 4) is 0 Å². The smallest absolute Gasteiger partial charge is 0.338 e. The van der Waals surface area contributed by atoms with E-state index in [0.717, 1.165) is 18.9 Å². The van der Waals surface area contributed by atoms with Gasteiger partial charge < -0.3 is 10.4 Å². The van der Waals surface area contributed by atoms with Gasteiger partial charge in [0.1, 0.15) is 0 Å². The van der Waals surface area contributed by atoms with Crippen LogP contribution in [0.5, 0.6) is 0 Å². The highest BCUT2D eigenvalue weighted by molar-refractivity contribution is 6.34. The molecule has 7 heteroatoms. The first-order chi connectivity index (χ1) is 8.88. The van der Waals surface area contributed by atoms with E-state index >= 15 is 0 Å². The van der Waals surface area contributed by atoms with Gasteiger partial charge in [0.25, 0.3) is 5.69 Å². The maximum atomic E-state index is 11.2. The fraction of sp³-hybridized carbons (Fsp3) is 0.417. The maximum Gasteiger partial charge on any atom is 0.338 e. The van der Waals surface area contributed by atoms with E-state index in [2.05, 4.69) is 12.2 Å². The monoisotopic (exact) mass is 284 g/mol. The predicted molar refractivity (Wildman–Crippen MR) is 70.9 cm³/mol. The SMILES string of the molecule is CC1CC(Nc2c(Cl)cc([N+](=O)[O-])cc2C(=O)O)C1. The minimum Gasteiger partial charge on any atom is -0.478 e. The summed E-state index contributed by atoms with van der Waals surface area (Å²) in [7, 11) is 0.